The lowest BCUT2D eigenvalue weighted by atomic mass is 9.85. The maximum atomic E-state index is 12.0. The third-order valence-electron chi connectivity index (χ3n) is 3.02. The number of hydrogen-bond donors (Lipinski definition) is 1. The fourth-order valence-corrected chi connectivity index (χ4v) is 2.08. The predicted octanol–water partition coefficient (Wildman–Crippen LogP) is 2.42. The van der Waals surface area contributed by atoms with Crippen LogP contribution in [-0.4, -0.2) is 4.57 Å². The number of aryl methyl sites for hydroxylation is 1. The smallest absolute Gasteiger partial charge is 0.258 e. The van der Waals surface area contributed by atoms with Crippen molar-refractivity contribution in [1.82, 2.24) is 4.57 Å². The van der Waals surface area contributed by atoms with Crippen LogP contribution in [0, 0.1) is 0 Å². The van der Waals surface area contributed by atoms with Crippen molar-refractivity contribution in [3.05, 3.63) is 40.3 Å². The molecule has 0 saturated carbocycles. The van der Waals surface area contributed by atoms with Crippen LogP contribution in [0.1, 0.15) is 26.3 Å². The van der Waals surface area contributed by atoms with E-state index in [-0.39, 0.29) is 11.0 Å². The number of fused-ring (bicyclic) bond motifs is 1. The molecule has 0 fully saturated rings. The van der Waals surface area contributed by atoms with Crippen LogP contribution in [0.15, 0.2) is 29.2 Å². The van der Waals surface area contributed by atoms with Crippen LogP contribution in [0.4, 0.5) is 5.69 Å². The molecule has 0 unspecified atom stereocenters. The molecule has 0 aliphatic rings. The first kappa shape index (κ1) is 11.7. The fourth-order valence-electron chi connectivity index (χ4n) is 2.08. The lowest BCUT2D eigenvalue weighted by Crippen LogP contribution is -2.22. The summed E-state index contributed by atoms with van der Waals surface area (Å²) >= 11 is 0. The summed E-state index contributed by atoms with van der Waals surface area (Å²) in [6.45, 7) is 6.40. The minimum Gasteiger partial charge on any atom is -0.399 e. The Morgan fingerprint density at radius 3 is 2.41 bits per heavy atom. The van der Waals surface area contributed by atoms with E-state index in [0.717, 1.165) is 16.3 Å². The Balaban J connectivity index is 2.99. The van der Waals surface area contributed by atoms with E-state index in [2.05, 4.69) is 20.8 Å². The summed E-state index contributed by atoms with van der Waals surface area (Å²) in [6.07, 6.45) is 1.91. The molecule has 0 saturated heterocycles. The Morgan fingerprint density at radius 2 is 1.82 bits per heavy atom. The number of benzene rings is 1. The standard InChI is InChI=1S/C14H18N2O/c1-14(2,3)12-8-16(4)13(17)10-6-5-9(15)7-11(10)12/h5-8H,15H2,1-4H3. The summed E-state index contributed by atoms with van der Waals surface area (Å²) in [4.78, 5) is 12.0. The zero-order valence-electron chi connectivity index (χ0n) is 10.7. The highest BCUT2D eigenvalue weighted by atomic mass is 16.1. The molecule has 0 radical (unpaired) electrons. The maximum Gasteiger partial charge on any atom is 0.258 e. The van der Waals surface area contributed by atoms with Crippen molar-refractivity contribution < 1.29 is 0 Å². The van der Waals surface area contributed by atoms with Crippen molar-refractivity contribution in [1.29, 1.82) is 0 Å². The van der Waals surface area contributed by atoms with Crippen molar-refractivity contribution in [3.8, 4) is 0 Å². The monoisotopic (exact) mass is 230 g/mol. The molecule has 0 aliphatic heterocycles. The van der Waals surface area contributed by atoms with E-state index < -0.39 is 0 Å². The molecule has 17 heavy (non-hydrogen) atoms. The zero-order chi connectivity index (χ0) is 12.8. The summed E-state index contributed by atoms with van der Waals surface area (Å²) in [5, 5.41) is 1.69. The second-order valence-corrected chi connectivity index (χ2v) is 5.51. The first-order chi connectivity index (χ1) is 7.80. The van der Waals surface area contributed by atoms with Gasteiger partial charge in [-0.15, -0.1) is 0 Å². The number of pyridine rings is 1. The highest BCUT2D eigenvalue weighted by Gasteiger charge is 2.19. The zero-order valence-corrected chi connectivity index (χ0v) is 10.7. The average Bonchev–Trinajstić information content (AvgIpc) is 2.21. The van der Waals surface area contributed by atoms with Crippen LogP contribution in [0.3, 0.4) is 0 Å². The Morgan fingerprint density at radius 1 is 1.18 bits per heavy atom. The Bertz CT molecular complexity index is 633. The van der Waals surface area contributed by atoms with Gasteiger partial charge in [0.1, 0.15) is 0 Å². The van der Waals surface area contributed by atoms with E-state index in [9.17, 15) is 4.79 Å². The van der Waals surface area contributed by atoms with Crippen LogP contribution in [0.5, 0.6) is 0 Å². The fraction of sp³-hybridized carbons (Fsp3) is 0.357. The molecule has 90 valence electrons. The molecule has 3 nitrogen and oxygen atoms in total. The second kappa shape index (κ2) is 3.62. The summed E-state index contributed by atoms with van der Waals surface area (Å²) in [5.41, 5.74) is 7.65. The van der Waals surface area contributed by atoms with Gasteiger partial charge in [0.25, 0.3) is 5.56 Å². The SMILES string of the molecule is Cn1cc(C(C)(C)C)c2cc(N)ccc2c1=O. The van der Waals surface area contributed by atoms with Crippen molar-refractivity contribution in [2.75, 3.05) is 5.73 Å². The highest BCUT2D eigenvalue weighted by Crippen LogP contribution is 2.29. The molecule has 3 heteroatoms. The maximum absolute atomic E-state index is 12.0. The second-order valence-electron chi connectivity index (χ2n) is 5.51. The van der Waals surface area contributed by atoms with Crippen LogP contribution in [-0.2, 0) is 12.5 Å². The van der Waals surface area contributed by atoms with Gasteiger partial charge < -0.3 is 10.3 Å². The Labute approximate surface area is 101 Å². The van der Waals surface area contributed by atoms with Crippen molar-refractivity contribution >= 4 is 16.5 Å². The number of anilines is 1. The summed E-state index contributed by atoms with van der Waals surface area (Å²) < 4.78 is 1.64. The molecular weight excluding hydrogens is 212 g/mol. The minimum atomic E-state index is -0.0164. The lowest BCUT2D eigenvalue weighted by Gasteiger charge is -2.22. The predicted molar refractivity (Wildman–Crippen MR) is 72.3 cm³/mol. The lowest BCUT2D eigenvalue weighted by molar-refractivity contribution is 0.587. The average molecular weight is 230 g/mol. The normalized spacial score (nSPS) is 12.0. The van der Waals surface area contributed by atoms with Gasteiger partial charge in [0.05, 0.1) is 0 Å². The first-order valence-corrected chi connectivity index (χ1v) is 5.70. The van der Waals surface area contributed by atoms with Gasteiger partial charge in [0, 0.05) is 24.3 Å². The quantitative estimate of drug-likeness (QED) is 0.706. The van der Waals surface area contributed by atoms with Gasteiger partial charge >= 0.3 is 0 Å². The Hall–Kier alpha value is -1.77. The topological polar surface area (TPSA) is 48.0 Å². The van der Waals surface area contributed by atoms with E-state index in [1.807, 2.05) is 18.3 Å². The molecule has 1 aromatic heterocycles. The van der Waals surface area contributed by atoms with Gasteiger partial charge in [-0.3, -0.25) is 4.79 Å². The van der Waals surface area contributed by atoms with Crippen molar-refractivity contribution in [3.63, 3.8) is 0 Å². The van der Waals surface area contributed by atoms with Gasteiger partial charge in [-0.2, -0.15) is 0 Å². The summed E-state index contributed by atoms with van der Waals surface area (Å²) in [7, 11) is 1.79. The third-order valence-corrected chi connectivity index (χ3v) is 3.02. The molecule has 2 aromatic rings. The van der Waals surface area contributed by atoms with E-state index in [4.69, 9.17) is 5.73 Å². The molecular formula is C14H18N2O. The van der Waals surface area contributed by atoms with Crippen LogP contribution < -0.4 is 11.3 Å². The molecule has 1 aromatic carbocycles. The minimum absolute atomic E-state index is 0.0164. The largest absolute Gasteiger partial charge is 0.399 e. The molecule has 0 amide bonds. The molecule has 0 atom stereocenters. The van der Waals surface area contributed by atoms with Gasteiger partial charge in [-0.1, -0.05) is 20.8 Å². The number of rotatable bonds is 0. The molecule has 0 aliphatic carbocycles. The van der Waals surface area contributed by atoms with E-state index in [1.165, 1.54) is 0 Å². The van der Waals surface area contributed by atoms with E-state index in [1.54, 1.807) is 17.7 Å². The molecule has 2 rings (SSSR count). The van der Waals surface area contributed by atoms with Gasteiger partial charge in [-0.05, 0) is 34.6 Å². The van der Waals surface area contributed by atoms with Gasteiger partial charge in [0.15, 0.2) is 0 Å². The number of hydrogen-bond acceptors (Lipinski definition) is 2. The van der Waals surface area contributed by atoms with Crippen LogP contribution in [0.25, 0.3) is 10.8 Å². The van der Waals surface area contributed by atoms with Gasteiger partial charge in [0.2, 0.25) is 0 Å². The molecule has 0 spiro atoms. The molecule has 2 N–H and O–H groups in total. The summed E-state index contributed by atoms with van der Waals surface area (Å²) in [5.74, 6) is 0. The number of nitrogen functional groups attached to an aromatic ring is 1. The molecule has 0 bridgehead atoms. The van der Waals surface area contributed by atoms with E-state index in [0.29, 0.717) is 5.69 Å². The Kier molecular flexibility index (Phi) is 2.49. The van der Waals surface area contributed by atoms with Crippen molar-refractivity contribution in [2.24, 2.45) is 7.05 Å². The highest BCUT2D eigenvalue weighted by molar-refractivity contribution is 5.88. The van der Waals surface area contributed by atoms with Gasteiger partial charge in [-0.25, -0.2) is 0 Å². The number of nitrogens with zero attached hydrogens (tertiary/aromatic N) is 1. The van der Waals surface area contributed by atoms with E-state index >= 15 is 0 Å². The first-order valence-electron chi connectivity index (χ1n) is 5.70. The number of aromatic nitrogens is 1. The van der Waals surface area contributed by atoms with Crippen molar-refractivity contribution in [2.45, 2.75) is 26.2 Å². The summed E-state index contributed by atoms with van der Waals surface area (Å²) in [6, 6.07) is 5.47. The van der Waals surface area contributed by atoms with Crippen LogP contribution >= 0.6 is 0 Å². The van der Waals surface area contributed by atoms with Crippen LogP contribution in [0.2, 0.25) is 0 Å². The third kappa shape index (κ3) is 1.93. The molecule has 1 heterocycles. The number of nitrogens with two attached hydrogens (primary N) is 1.